The van der Waals surface area contributed by atoms with Crippen LogP contribution >= 0.6 is 11.6 Å². The first kappa shape index (κ1) is 17.9. The Morgan fingerprint density at radius 3 is 2.67 bits per heavy atom. The molecular formula is C13H20ClN3O3S. The van der Waals surface area contributed by atoms with Crippen LogP contribution in [0.3, 0.4) is 0 Å². The van der Waals surface area contributed by atoms with Crippen molar-refractivity contribution in [3.8, 4) is 0 Å². The quantitative estimate of drug-likeness (QED) is 0.784. The van der Waals surface area contributed by atoms with Gasteiger partial charge in [0.2, 0.25) is 15.9 Å². The third-order valence-corrected chi connectivity index (χ3v) is 5.03. The predicted octanol–water partition coefficient (Wildman–Crippen LogP) is 1.66. The van der Waals surface area contributed by atoms with E-state index in [-0.39, 0.29) is 28.9 Å². The first-order valence-corrected chi connectivity index (χ1v) is 8.61. The van der Waals surface area contributed by atoms with Crippen LogP contribution in [-0.4, -0.2) is 43.2 Å². The Morgan fingerprint density at radius 1 is 1.38 bits per heavy atom. The molecule has 1 N–H and O–H groups in total. The molecule has 1 heterocycles. The van der Waals surface area contributed by atoms with Crippen LogP contribution in [0.25, 0.3) is 0 Å². The number of sulfonamides is 1. The van der Waals surface area contributed by atoms with Crippen LogP contribution in [0.2, 0.25) is 5.02 Å². The summed E-state index contributed by atoms with van der Waals surface area (Å²) >= 11 is 5.93. The number of aromatic nitrogens is 1. The molecule has 0 radical (unpaired) electrons. The van der Waals surface area contributed by atoms with E-state index in [1.54, 1.807) is 0 Å². The molecule has 0 aromatic carbocycles. The van der Waals surface area contributed by atoms with E-state index in [2.05, 4.69) is 10.3 Å². The second kappa shape index (κ2) is 8.31. The first-order valence-electron chi connectivity index (χ1n) is 6.79. The van der Waals surface area contributed by atoms with Gasteiger partial charge in [-0.3, -0.25) is 9.78 Å². The Morgan fingerprint density at radius 2 is 2.10 bits per heavy atom. The lowest BCUT2D eigenvalue weighted by molar-refractivity contribution is -0.121. The third-order valence-electron chi connectivity index (χ3n) is 2.72. The highest BCUT2D eigenvalue weighted by Gasteiger charge is 2.28. The largest absolute Gasteiger partial charge is 0.355 e. The minimum atomic E-state index is -3.84. The van der Waals surface area contributed by atoms with E-state index in [0.29, 0.717) is 13.0 Å². The average Bonchev–Trinajstić information content (AvgIpc) is 2.45. The Hall–Kier alpha value is -1.18. The minimum absolute atomic E-state index is 0.0802. The molecule has 6 nitrogen and oxygen atoms in total. The van der Waals surface area contributed by atoms with Crippen LogP contribution in [0, 0.1) is 0 Å². The molecule has 0 aliphatic rings. The van der Waals surface area contributed by atoms with E-state index in [4.69, 9.17) is 11.6 Å². The summed E-state index contributed by atoms with van der Waals surface area (Å²) in [5.74, 6) is -0.325. The summed E-state index contributed by atoms with van der Waals surface area (Å²) in [6.45, 7) is 4.31. The summed E-state index contributed by atoms with van der Waals surface area (Å²) in [5.41, 5.74) is 0. The number of hydrogen-bond acceptors (Lipinski definition) is 4. The molecule has 0 spiro atoms. The fourth-order valence-corrected chi connectivity index (χ4v) is 3.60. The summed E-state index contributed by atoms with van der Waals surface area (Å²) in [6.07, 6.45) is 4.00. The van der Waals surface area contributed by atoms with E-state index >= 15 is 0 Å². The summed E-state index contributed by atoms with van der Waals surface area (Å²) in [6, 6.07) is 1.41. The highest BCUT2D eigenvalue weighted by atomic mass is 35.5. The number of carbonyl (C=O) groups is 1. The van der Waals surface area contributed by atoms with Gasteiger partial charge < -0.3 is 5.32 Å². The van der Waals surface area contributed by atoms with Crippen molar-refractivity contribution in [1.82, 2.24) is 14.6 Å². The number of nitrogens with zero attached hydrogens (tertiary/aromatic N) is 2. The van der Waals surface area contributed by atoms with Gasteiger partial charge in [0.15, 0.2) is 0 Å². The van der Waals surface area contributed by atoms with E-state index in [9.17, 15) is 13.2 Å². The Labute approximate surface area is 130 Å². The molecule has 21 heavy (non-hydrogen) atoms. The summed E-state index contributed by atoms with van der Waals surface area (Å²) in [4.78, 5) is 15.5. The van der Waals surface area contributed by atoms with Gasteiger partial charge in [0.1, 0.15) is 4.90 Å². The molecule has 1 rings (SSSR count). The van der Waals surface area contributed by atoms with Crippen molar-refractivity contribution >= 4 is 27.5 Å². The number of amides is 1. The van der Waals surface area contributed by atoms with Crippen molar-refractivity contribution < 1.29 is 13.2 Å². The van der Waals surface area contributed by atoms with Gasteiger partial charge in [0, 0.05) is 25.5 Å². The topological polar surface area (TPSA) is 79.4 Å². The van der Waals surface area contributed by atoms with E-state index in [1.807, 2.05) is 13.8 Å². The van der Waals surface area contributed by atoms with Crippen molar-refractivity contribution in [3.63, 3.8) is 0 Å². The van der Waals surface area contributed by atoms with Gasteiger partial charge in [0.05, 0.1) is 11.6 Å². The number of rotatable bonds is 8. The summed E-state index contributed by atoms with van der Waals surface area (Å²) in [7, 11) is -3.84. The van der Waals surface area contributed by atoms with Crippen molar-refractivity contribution in [2.75, 3.05) is 19.6 Å². The lowest BCUT2D eigenvalue weighted by Gasteiger charge is -2.21. The van der Waals surface area contributed by atoms with Crippen LogP contribution in [0.4, 0.5) is 0 Å². The molecule has 0 saturated heterocycles. The molecule has 0 fully saturated rings. The fourth-order valence-electron chi connectivity index (χ4n) is 1.71. The molecule has 0 aliphatic heterocycles. The second-order valence-corrected chi connectivity index (χ2v) is 6.81. The zero-order chi connectivity index (χ0) is 15.9. The maximum absolute atomic E-state index is 12.6. The number of carbonyl (C=O) groups excluding carboxylic acids is 1. The Kier molecular flexibility index (Phi) is 7.07. The van der Waals surface area contributed by atoms with Crippen LogP contribution in [0.5, 0.6) is 0 Å². The van der Waals surface area contributed by atoms with E-state index in [1.165, 1.54) is 18.5 Å². The average molecular weight is 334 g/mol. The standard InChI is InChI=1S/C13H20ClN3O3S/c1-3-6-16-13(18)10-17(8-4-2)21(19,20)12-9-15-7-5-11(12)14/h5,7,9H,3-4,6,8,10H2,1-2H3,(H,16,18). The van der Waals surface area contributed by atoms with E-state index < -0.39 is 10.0 Å². The van der Waals surface area contributed by atoms with Crippen LogP contribution < -0.4 is 5.32 Å². The highest BCUT2D eigenvalue weighted by molar-refractivity contribution is 7.89. The van der Waals surface area contributed by atoms with Crippen LogP contribution in [0.1, 0.15) is 26.7 Å². The van der Waals surface area contributed by atoms with Crippen molar-refractivity contribution in [1.29, 1.82) is 0 Å². The van der Waals surface area contributed by atoms with Crippen LogP contribution in [0.15, 0.2) is 23.4 Å². The van der Waals surface area contributed by atoms with Crippen molar-refractivity contribution in [2.45, 2.75) is 31.6 Å². The van der Waals surface area contributed by atoms with Crippen molar-refractivity contribution in [2.24, 2.45) is 0 Å². The molecule has 0 atom stereocenters. The molecule has 0 aliphatic carbocycles. The van der Waals surface area contributed by atoms with Gasteiger partial charge in [-0.1, -0.05) is 25.4 Å². The second-order valence-electron chi connectivity index (χ2n) is 4.49. The van der Waals surface area contributed by atoms with E-state index in [0.717, 1.165) is 10.7 Å². The van der Waals surface area contributed by atoms with Crippen molar-refractivity contribution in [3.05, 3.63) is 23.5 Å². The number of pyridine rings is 1. The third kappa shape index (κ3) is 4.94. The fraction of sp³-hybridized carbons (Fsp3) is 0.538. The molecule has 0 unspecified atom stereocenters. The number of hydrogen-bond donors (Lipinski definition) is 1. The molecule has 0 bridgehead atoms. The van der Waals surface area contributed by atoms with Crippen LogP contribution in [-0.2, 0) is 14.8 Å². The Bertz CT molecular complexity index is 578. The predicted molar refractivity (Wildman–Crippen MR) is 81.6 cm³/mol. The maximum Gasteiger partial charge on any atom is 0.246 e. The molecule has 1 amide bonds. The molecule has 0 saturated carbocycles. The van der Waals surface area contributed by atoms with Gasteiger partial charge in [-0.05, 0) is 18.9 Å². The molecule has 1 aromatic rings. The monoisotopic (exact) mass is 333 g/mol. The lowest BCUT2D eigenvalue weighted by atomic mass is 10.4. The van der Waals surface area contributed by atoms with Gasteiger partial charge in [0.25, 0.3) is 0 Å². The normalized spacial score (nSPS) is 11.6. The Balaban J connectivity index is 2.98. The van der Waals surface area contributed by atoms with Gasteiger partial charge in [-0.2, -0.15) is 4.31 Å². The SMILES string of the molecule is CCCNC(=O)CN(CCC)S(=O)(=O)c1cnccc1Cl. The van der Waals surface area contributed by atoms with Gasteiger partial charge in [-0.15, -0.1) is 0 Å². The molecule has 118 valence electrons. The van der Waals surface area contributed by atoms with Gasteiger partial charge >= 0.3 is 0 Å². The smallest absolute Gasteiger partial charge is 0.246 e. The minimum Gasteiger partial charge on any atom is -0.355 e. The number of nitrogens with one attached hydrogen (secondary N) is 1. The zero-order valence-electron chi connectivity index (χ0n) is 12.2. The molecule has 1 aromatic heterocycles. The lowest BCUT2D eigenvalue weighted by Crippen LogP contribution is -2.41. The zero-order valence-corrected chi connectivity index (χ0v) is 13.7. The first-order chi connectivity index (χ1) is 9.93. The van der Waals surface area contributed by atoms with Gasteiger partial charge in [-0.25, -0.2) is 8.42 Å². The molecule has 8 heteroatoms. The molecular weight excluding hydrogens is 314 g/mol. The number of halogens is 1. The highest BCUT2D eigenvalue weighted by Crippen LogP contribution is 2.23. The maximum atomic E-state index is 12.6. The summed E-state index contributed by atoms with van der Waals surface area (Å²) < 4.78 is 26.3. The summed E-state index contributed by atoms with van der Waals surface area (Å²) in [5, 5.41) is 2.76.